The fraction of sp³-hybridized carbons (Fsp3) is 0.350. The van der Waals surface area contributed by atoms with Crippen molar-refractivity contribution in [1.29, 1.82) is 0 Å². The number of benzene rings is 1. The van der Waals surface area contributed by atoms with E-state index in [2.05, 4.69) is 15.3 Å². The van der Waals surface area contributed by atoms with Crippen LogP contribution in [0, 0.1) is 0 Å². The molecular weight excluding hydrogens is 430 g/mol. The lowest BCUT2D eigenvalue weighted by molar-refractivity contribution is -0.150. The van der Waals surface area contributed by atoms with Crippen LogP contribution in [0.4, 0.5) is 11.5 Å². The molecule has 0 radical (unpaired) electrons. The number of hydrogen-bond donors (Lipinski definition) is 1. The number of halogens is 1. The third-order valence-corrected chi connectivity index (χ3v) is 6.20. The van der Waals surface area contributed by atoms with Gasteiger partial charge in [-0.3, -0.25) is 4.79 Å². The van der Waals surface area contributed by atoms with E-state index in [-0.39, 0.29) is 24.3 Å². The molecule has 2 saturated heterocycles. The summed E-state index contributed by atoms with van der Waals surface area (Å²) in [5.41, 5.74) is 1.68. The topological polar surface area (TPSA) is 91.8 Å². The van der Waals surface area contributed by atoms with Crippen LogP contribution >= 0.6 is 22.9 Å². The van der Waals surface area contributed by atoms with Gasteiger partial charge in [-0.1, -0.05) is 11.6 Å². The second-order valence-electron chi connectivity index (χ2n) is 7.03. The lowest BCUT2D eigenvalue weighted by Crippen LogP contribution is -2.36. The lowest BCUT2D eigenvalue weighted by Gasteiger charge is -2.19. The van der Waals surface area contributed by atoms with Gasteiger partial charge in [0.05, 0.1) is 28.5 Å². The van der Waals surface area contributed by atoms with Crippen LogP contribution in [0.15, 0.2) is 36.0 Å². The number of carbonyl (C=O) groups excluding carboxylic acids is 1. The van der Waals surface area contributed by atoms with E-state index in [9.17, 15) is 4.79 Å². The van der Waals surface area contributed by atoms with Crippen molar-refractivity contribution in [3.8, 4) is 5.75 Å². The summed E-state index contributed by atoms with van der Waals surface area (Å²) in [6.45, 7) is 2.00. The van der Waals surface area contributed by atoms with Crippen LogP contribution in [0.25, 0.3) is 10.2 Å². The minimum absolute atomic E-state index is 0.293. The Morgan fingerprint density at radius 1 is 1.20 bits per heavy atom. The molecular formula is C20H18ClN3O5S. The van der Waals surface area contributed by atoms with Gasteiger partial charge in [0.1, 0.15) is 24.3 Å². The minimum atomic E-state index is -0.412. The second-order valence-corrected chi connectivity index (χ2v) is 8.35. The van der Waals surface area contributed by atoms with Crippen molar-refractivity contribution in [2.24, 2.45) is 0 Å². The van der Waals surface area contributed by atoms with Gasteiger partial charge in [0.2, 0.25) is 0 Å². The van der Waals surface area contributed by atoms with Crippen LogP contribution in [0.2, 0.25) is 5.02 Å². The lowest BCUT2D eigenvalue weighted by atomic mass is 10.1. The van der Waals surface area contributed by atoms with Gasteiger partial charge in [-0.2, -0.15) is 0 Å². The highest BCUT2D eigenvalue weighted by molar-refractivity contribution is 7.17. The monoisotopic (exact) mass is 447 g/mol. The first kappa shape index (κ1) is 19.5. The molecule has 0 amide bonds. The van der Waals surface area contributed by atoms with Gasteiger partial charge in [-0.15, -0.1) is 11.3 Å². The van der Waals surface area contributed by atoms with Gasteiger partial charge >= 0.3 is 5.97 Å². The van der Waals surface area contributed by atoms with Crippen molar-refractivity contribution < 1.29 is 23.7 Å². The highest BCUT2D eigenvalue weighted by Gasteiger charge is 2.50. The van der Waals surface area contributed by atoms with Gasteiger partial charge in [-0.05, 0) is 29.6 Å². The Labute approximate surface area is 181 Å². The first-order valence-corrected chi connectivity index (χ1v) is 10.7. The number of esters is 1. The predicted octanol–water partition coefficient (Wildman–Crippen LogP) is 3.57. The number of nitrogens with zero attached hydrogens (tertiary/aromatic N) is 2. The molecule has 1 N–H and O–H groups in total. The maximum absolute atomic E-state index is 11.2. The summed E-state index contributed by atoms with van der Waals surface area (Å²) in [4.78, 5) is 19.8. The minimum Gasteiger partial charge on any atom is -0.484 e. The Hall–Kier alpha value is -2.46. The molecule has 3 aromatic rings. The number of nitrogens with one attached hydrogen (secondary N) is 1. The summed E-state index contributed by atoms with van der Waals surface area (Å²) in [5, 5.41) is 5.71. The molecule has 1 aromatic carbocycles. The van der Waals surface area contributed by atoms with Crippen LogP contribution in [0.5, 0.6) is 5.75 Å². The van der Waals surface area contributed by atoms with Gasteiger partial charge in [0, 0.05) is 12.6 Å². The van der Waals surface area contributed by atoms with Crippen LogP contribution in [-0.2, 0) is 19.0 Å². The number of rotatable bonds is 5. The summed E-state index contributed by atoms with van der Waals surface area (Å²) >= 11 is 8.04. The van der Waals surface area contributed by atoms with Gasteiger partial charge in [0.25, 0.3) is 0 Å². The van der Waals surface area contributed by atoms with Crippen LogP contribution in [0.3, 0.4) is 0 Å². The third-order valence-electron chi connectivity index (χ3n) is 5.00. The normalized spacial score (nSPS) is 25.3. The van der Waals surface area contributed by atoms with E-state index in [1.54, 1.807) is 23.5 Å². The van der Waals surface area contributed by atoms with E-state index < -0.39 is 6.10 Å². The summed E-state index contributed by atoms with van der Waals surface area (Å²) in [6, 6.07) is 7.39. The van der Waals surface area contributed by atoms with Crippen molar-refractivity contribution in [3.05, 3.63) is 41.0 Å². The number of fused-ring (bicyclic) bond motifs is 2. The fourth-order valence-electron chi connectivity index (χ4n) is 3.70. The highest BCUT2D eigenvalue weighted by atomic mass is 35.5. The molecule has 2 aromatic heterocycles. The molecule has 2 fully saturated rings. The van der Waals surface area contributed by atoms with E-state index in [0.29, 0.717) is 24.0 Å². The third kappa shape index (κ3) is 3.69. The number of anilines is 2. The van der Waals surface area contributed by atoms with Crippen molar-refractivity contribution in [3.63, 3.8) is 0 Å². The molecule has 30 heavy (non-hydrogen) atoms. The quantitative estimate of drug-likeness (QED) is 0.593. The standard InChI is InChI=1S/C20H18ClN3O5S/c1-10(25)28-15-7-26-18-16(8-27-17(15)18)29-14-3-2-11(6-12(14)21)24-20-19-13(4-5-30-19)22-9-23-20/h2-6,9,15-18H,7-8H2,1H3,(H,22,23,24)/t15-,16-,17+,18+/m0/s1. The molecule has 4 heterocycles. The molecule has 0 bridgehead atoms. The Kier molecular flexibility index (Phi) is 5.20. The Morgan fingerprint density at radius 3 is 2.80 bits per heavy atom. The molecule has 156 valence electrons. The number of aromatic nitrogens is 2. The predicted molar refractivity (Wildman–Crippen MR) is 112 cm³/mol. The summed E-state index contributed by atoms with van der Waals surface area (Å²) in [6.07, 6.45) is 0.142. The largest absolute Gasteiger partial charge is 0.484 e. The zero-order valence-corrected chi connectivity index (χ0v) is 17.5. The van der Waals surface area contributed by atoms with Crippen molar-refractivity contribution in [1.82, 2.24) is 9.97 Å². The zero-order valence-electron chi connectivity index (χ0n) is 15.9. The number of carbonyl (C=O) groups is 1. The average Bonchev–Trinajstić information content (AvgIpc) is 3.42. The fourth-order valence-corrected chi connectivity index (χ4v) is 4.71. The number of hydrogen-bond acceptors (Lipinski definition) is 9. The maximum atomic E-state index is 11.2. The van der Waals surface area contributed by atoms with Gasteiger partial charge in [-0.25, -0.2) is 9.97 Å². The Morgan fingerprint density at radius 2 is 2.00 bits per heavy atom. The Balaban J connectivity index is 1.28. The molecule has 0 spiro atoms. The molecule has 8 nitrogen and oxygen atoms in total. The smallest absolute Gasteiger partial charge is 0.303 e. The van der Waals surface area contributed by atoms with E-state index in [0.717, 1.165) is 21.7 Å². The summed E-state index contributed by atoms with van der Waals surface area (Å²) < 4.78 is 23.8. The van der Waals surface area contributed by atoms with Crippen molar-refractivity contribution >= 4 is 50.6 Å². The summed E-state index contributed by atoms with van der Waals surface area (Å²) in [5.74, 6) is 0.898. The summed E-state index contributed by atoms with van der Waals surface area (Å²) in [7, 11) is 0. The van der Waals surface area contributed by atoms with E-state index in [1.807, 2.05) is 17.5 Å². The molecule has 2 aliphatic heterocycles. The first-order valence-electron chi connectivity index (χ1n) is 9.40. The van der Waals surface area contributed by atoms with Gasteiger partial charge < -0.3 is 24.3 Å². The molecule has 5 rings (SSSR count). The number of thiophene rings is 1. The maximum Gasteiger partial charge on any atom is 0.303 e. The highest BCUT2D eigenvalue weighted by Crippen LogP contribution is 2.36. The van der Waals surface area contributed by atoms with E-state index in [4.69, 9.17) is 30.5 Å². The SMILES string of the molecule is CC(=O)O[C@H]1CO[C@H]2[C@@H]1OC[C@@H]2Oc1ccc(Nc2ncnc3ccsc23)cc1Cl. The van der Waals surface area contributed by atoms with Crippen molar-refractivity contribution in [2.45, 2.75) is 31.3 Å². The second kappa shape index (κ2) is 7.99. The molecule has 0 aliphatic carbocycles. The van der Waals surface area contributed by atoms with Crippen LogP contribution in [-0.4, -0.2) is 53.6 Å². The first-order chi connectivity index (χ1) is 14.6. The molecule has 0 unspecified atom stereocenters. The molecule has 0 saturated carbocycles. The zero-order chi connectivity index (χ0) is 20.7. The average molecular weight is 448 g/mol. The van der Waals surface area contributed by atoms with E-state index >= 15 is 0 Å². The van der Waals surface area contributed by atoms with E-state index in [1.165, 1.54) is 13.3 Å². The van der Waals surface area contributed by atoms with Gasteiger partial charge in [0.15, 0.2) is 18.0 Å². The van der Waals surface area contributed by atoms with Crippen molar-refractivity contribution in [2.75, 3.05) is 18.5 Å². The number of ether oxygens (including phenoxy) is 4. The Bertz CT molecular complexity index is 1090. The molecule has 10 heteroatoms. The molecule has 2 aliphatic rings. The van der Waals surface area contributed by atoms with Crippen LogP contribution < -0.4 is 10.1 Å². The molecule has 4 atom stereocenters. The van der Waals surface area contributed by atoms with Crippen LogP contribution in [0.1, 0.15) is 6.92 Å².